The van der Waals surface area contributed by atoms with Gasteiger partial charge in [0.05, 0.1) is 6.54 Å². The molecule has 2 N–H and O–H groups in total. The number of nitrogens with two attached hydrogens (primary N) is 1. The van der Waals surface area contributed by atoms with Gasteiger partial charge in [0.2, 0.25) is 0 Å². The zero-order valence-corrected chi connectivity index (χ0v) is 10.4. The number of carbonyl (C=O) groups excluding carboxylic acids is 1. The van der Waals surface area contributed by atoms with Crippen LogP contribution in [-0.2, 0) is 9.53 Å². The molecule has 71 valence electrons. The molecule has 0 aliphatic heterocycles. The van der Waals surface area contributed by atoms with Gasteiger partial charge in [0.15, 0.2) is 0 Å². The van der Waals surface area contributed by atoms with Crippen LogP contribution < -0.4 is 5.73 Å². The van der Waals surface area contributed by atoms with Crippen LogP contribution in [0.3, 0.4) is 0 Å². The summed E-state index contributed by atoms with van der Waals surface area (Å²) in [6.07, 6.45) is 7.10. The maximum atomic E-state index is 10.8. The van der Waals surface area contributed by atoms with Gasteiger partial charge in [-0.2, -0.15) is 0 Å². The van der Waals surface area contributed by atoms with Gasteiger partial charge in [-0.15, -0.1) is 0 Å². The van der Waals surface area contributed by atoms with E-state index < -0.39 is 0 Å². The largest absolute Gasteiger partial charge is 0.461 e. The Morgan fingerprint density at radius 2 is 1.77 bits per heavy atom. The number of hydrogen-bond acceptors (Lipinski definition) is 3. The van der Waals surface area contributed by atoms with E-state index in [0.29, 0.717) is 0 Å². The maximum Gasteiger partial charge on any atom is 0.319 e. The Morgan fingerprint density at radius 1 is 1.23 bits per heavy atom. The van der Waals surface area contributed by atoms with Crippen LogP contribution >= 0.6 is 0 Å². The monoisotopic (exact) mass is 194 g/mol. The Labute approximate surface area is 102 Å². The zero-order chi connectivity index (χ0) is 8.81. The van der Waals surface area contributed by atoms with Crippen molar-refractivity contribution in [1.82, 2.24) is 0 Å². The zero-order valence-electron chi connectivity index (χ0n) is 8.42. The summed E-state index contributed by atoms with van der Waals surface area (Å²) in [6.45, 7) is 0.0104. The second kappa shape index (κ2) is 7.80. The van der Waals surface area contributed by atoms with E-state index in [-0.39, 0.29) is 48.2 Å². The van der Waals surface area contributed by atoms with E-state index in [1.807, 2.05) is 0 Å². The summed E-state index contributed by atoms with van der Waals surface area (Å²) < 4.78 is 5.16. The molecule has 0 amide bonds. The van der Waals surface area contributed by atoms with E-state index in [9.17, 15) is 4.79 Å². The number of esters is 1. The molecule has 4 heteroatoms. The Balaban J connectivity index is 0.00000144. The molecule has 0 aromatic carbocycles. The normalized spacial score (nSPS) is 18.5. The molecule has 1 saturated carbocycles. The molecule has 0 atom stereocenters. The molecule has 1 aliphatic rings. The summed E-state index contributed by atoms with van der Waals surface area (Å²) in [4.78, 5) is 10.8. The van der Waals surface area contributed by atoms with Crippen LogP contribution in [0, 0.1) is 0 Å². The summed E-state index contributed by atoms with van der Waals surface area (Å²) in [7, 11) is 0. The van der Waals surface area contributed by atoms with Gasteiger partial charge in [-0.05, 0) is 25.7 Å². The fourth-order valence-electron chi connectivity index (χ4n) is 1.59. The van der Waals surface area contributed by atoms with Crippen LogP contribution in [0.5, 0.6) is 0 Å². The van der Waals surface area contributed by atoms with Crippen molar-refractivity contribution in [3.8, 4) is 0 Å². The minimum Gasteiger partial charge on any atom is -0.461 e. The Kier molecular flexibility index (Phi) is 8.06. The first-order valence-corrected chi connectivity index (χ1v) is 4.72. The van der Waals surface area contributed by atoms with E-state index in [1.165, 1.54) is 25.7 Å². The summed E-state index contributed by atoms with van der Waals surface area (Å²) in [5.41, 5.74) is 5.15. The number of hydrogen-bond donors (Lipinski definition) is 1. The standard InChI is InChI=1S/C9H17NO2.Na/c10-7-9(11)12-8-5-3-1-2-4-6-8;/h8H,1-7,10H2;. The van der Waals surface area contributed by atoms with Gasteiger partial charge >= 0.3 is 5.97 Å². The molecule has 1 radical (unpaired) electrons. The predicted octanol–water partition coefficient (Wildman–Crippen LogP) is 0.830. The van der Waals surface area contributed by atoms with Gasteiger partial charge in [0, 0.05) is 29.6 Å². The summed E-state index contributed by atoms with van der Waals surface area (Å²) in [5.74, 6) is -0.262. The third-order valence-electron chi connectivity index (χ3n) is 2.27. The van der Waals surface area contributed by atoms with Crippen molar-refractivity contribution in [1.29, 1.82) is 0 Å². The minimum atomic E-state index is -0.262. The summed E-state index contributed by atoms with van der Waals surface area (Å²) in [6, 6.07) is 0. The van der Waals surface area contributed by atoms with Gasteiger partial charge in [-0.1, -0.05) is 12.8 Å². The molecule has 0 saturated heterocycles. The van der Waals surface area contributed by atoms with Crippen LogP contribution in [0.15, 0.2) is 0 Å². The molecule has 1 aliphatic carbocycles. The first-order valence-electron chi connectivity index (χ1n) is 4.72. The van der Waals surface area contributed by atoms with Crippen molar-refractivity contribution in [2.24, 2.45) is 5.73 Å². The predicted molar refractivity (Wildman–Crippen MR) is 52.4 cm³/mol. The Hall–Kier alpha value is 0.430. The number of carbonyl (C=O) groups is 1. The van der Waals surface area contributed by atoms with Gasteiger partial charge in [0.25, 0.3) is 0 Å². The van der Waals surface area contributed by atoms with E-state index >= 15 is 0 Å². The molecule has 0 aromatic heterocycles. The Bertz CT molecular complexity index is 145. The second-order valence-electron chi connectivity index (χ2n) is 3.31. The molecular weight excluding hydrogens is 177 g/mol. The average molecular weight is 194 g/mol. The van der Waals surface area contributed by atoms with E-state index in [0.717, 1.165) is 12.8 Å². The average Bonchev–Trinajstić information content (AvgIpc) is 2.33. The summed E-state index contributed by atoms with van der Waals surface area (Å²) in [5, 5.41) is 0. The topological polar surface area (TPSA) is 52.3 Å². The van der Waals surface area contributed by atoms with Gasteiger partial charge in [0.1, 0.15) is 6.10 Å². The second-order valence-corrected chi connectivity index (χ2v) is 3.31. The fourth-order valence-corrected chi connectivity index (χ4v) is 1.59. The molecule has 0 bridgehead atoms. The molecule has 0 unspecified atom stereocenters. The van der Waals surface area contributed by atoms with Crippen LogP contribution in [0.2, 0.25) is 0 Å². The molecule has 1 fully saturated rings. The fraction of sp³-hybridized carbons (Fsp3) is 0.889. The van der Waals surface area contributed by atoms with Crippen molar-refractivity contribution >= 4 is 35.5 Å². The number of ether oxygens (including phenoxy) is 1. The molecular formula is C9H17NNaO2. The van der Waals surface area contributed by atoms with Crippen molar-refractivity contribution in [2.45, 2.75) is 44.6 Å². The van der Waals surface area contributed by atoms with Crippen LogP contribution in [-0.4, -0.2) is 48.2 Å². The van der Waals surface area contributed by atoms with Crippen molar-refractivity contribution in [2.75, 3.05) is 6.54 Å². The molecule has 0 heterocycles. The smallest absolute Gasteiger partial charge is 0.319 e. The first kappa shape index (κ1) is 13.4. The first-order chi connectivity index (χ1) is 5.83. The van der Waals surface area contributed by atoms with E-state index in [4.69, 9.17) is 10.5 Å². The van der Waals surface area contributed by atoms with Crippen molar-refractivity contribution < 1.29 is 9.53 Å². The molecule has 0 spiro atoms. The van der Waals surface area contributed by atoms with Gasteiger partial charge in [-0.3, -0.25) is 4.79 Å². The molecule has 3 nitrogen and oxygen atoms in total. The third-order valence-corrected chi connectivity index (χ3v) is 2.27. The van der Waals surface area contributed by atoms with Crippen LogP contribution in [0.25, 0.3) is 0 Å². The van der Waals surface area contributed by atoms with Crippen LogP contribution in [0.4, 0.5) is 0 Å². The van der Waals surface area contributed by atoms with E-state index in [1.54, 1.807) is 0 Å². The molecule has 13 heavy (non-hydrogen) atoms. The third kappa shape index (κ3) is 5.68. The minimum absolute atomic E-state index is 0. The van der Waals surface area contributed by atoms with E-state index in [2.05, 4.69) is 0 Å². The maximum absolute atomic E-state index is 10.8. The van der Waals surface area contributed by atoms with Gasteiger partial charge < -0.3 is 10.5 Å². The quantitative estimate of drug-likeness (QED) is 0.402. The number of rotatable bonds is 2. The SMILES string of the molecule is NCC(=O)OC1CCCCCC1.[Na]. The summed E-state index contributed by atoms with van der Waals surface area (Å²) >= 11 is 0. The van der Waals surface area contributed by atoms with Gasteiger partial charge in [-0.25, -0.2) is 0 Å². The van der Waals surface area contributed by atoms with Crippen LogP contribution in [0.1, 0.15) is 38.5 Å². The molecule has 0 aromatic rings. The van der Waals surface area contributed by atoms with Crippen molar-refractivity contribution in [3.63, 3.8) is 0 Å². The Morgan fingerprint density at radius 3 is 2.23 bits per heavy atom. The molecule has 1 rings (SSSR count). The van der Waals surface area contributed by atoms with Crippen molar-refractivity contribution in [3.05, 3.63) is 0 Å².